The highest BCUT2D eigenvalue weighted by Gasteiger charge is 2.92. The Balaban J connectivity index is 3.83. The molecule has 2 aromatic rings. The highest BCUT2D eigenvalue weighted by atomic mass is 35.6. The number of hydrogen-bond donors (Lipinski definition) is 0. The van der Waals surface area contributed by atoms with Crippen LogP contribution in [0.4, 0.5) is 0 Å². The van der Waals surface area contributed by atoms with Crippen LogP contribution in [0.25, 0.3) is 0 Å². The molecule has 18 heteroatoms. The van der Waals surface area contributed by atoms with Crippen molar-refractivity contribution in [2.75, 3.05) is 0 Å². The first-order chi connectivity index (χ1) is 17.2. The summed E-state index contributed by atoms with van der Waals surface area (Å²) in [5.41, 5.74) is -9.08. The highest BCUT2D eigenvalue weighted by Crippen LogP contribution is 2.86. The van der Waals surface area contributed by atoms with Gasteiger partial charge in [0.1, 0.15) is 10.8 Å². The summed E-state index contributed by atoms with van der Waals surface area (Å²) in [7, 11) is 0. The Bertz CT molecular complexity index is 947. The fourth-order valence-electron chi connectivity index (χ4n) is 4.93. The molecule has 0 heterocycles. The van der Waals surface area contributed by atoms with Crippen LogP contribution >= 0.6 is 209 Å². The Morgan fingerprint density at radius 2 is 0.462 bits per heavy atom. The molecular formula is C21H10Cl18. The summed E-state index contributed by atoms with van der Waals surface area (Å²) in [4.78, 5) is 0. The monoisotopic (exact) mass is 892 g/mol. The van der Waals surface area contributed by atoms with Crippen LogP contribution in [0.5, 0.6) is 0 Å². The maximum atomic E-state index is 6.70. The standard InChI is InChI=1S/C21H10Cl18/c22-16(23,24)14(17(25,26)27,18(28,29)30)13(11-7-3-1-4-8-11,12-9-5-2-6-10-12)15(19(31,32)33,20(34,35)36)21(37,38)39/h1-10H. The number of hydrogen-bond acceptors (Lipinski definition) is 0. The van der Waals surface area contributed by atoms with Crippen molar-refractivity contribution in [1.29, 1.82) is 0 Å². The van der Waals surface area contributed by atoms with Crippen molar-refractivity contribution in [3.05, 3.63) is 71.8 Å². The summed E-state index contributed by atoms with van der Waals surface area (Å²) in [6, 6.07) is 14.8. The Labute approximate surface area is 315 Å². The normalized spacial score (nSPS) is 15.4. The molecule has 0 aliphatic rings. The van der Waals surface area contributed by atoms with Gasteiger partial charge in [0.15, 0.2) is 0 Å². The maximum Gasteiger partial charge on any atom is 0.205 e. The van der Waals surface area contributed by atoms with Crippen molar-refractivity contribution in [2.24, 2.45) is 10.8 Å². The van der Waals surface area contributed by atoms with Crippen LogP contribution in [0.15, 0.2) is 60.7 Å². The van der Waals surface area contributed by atoms with Crippen molar-refractivity contribution in [1.82, 2.24) is 0 Å². The second kappa shape index (κ2) is 12.7. The van der Waals surface area contributed by atoms with Crippen LogP contribution in [0.1, 0.15) is 11.1 Å². The van der Waals surface area contributed by atoms with E-state index >= 15 is 0 Å². The molecule has 2 aromatic carbocycles. The Kier molecular flexibility index (Phi) is 12.6. The molecule has 0 unspecified atom stereocenters. The summed E-state index contributed by atoms with van der Waals surface area (Å²) < 4.78 is -17.8. The molecule has 0 bridgehead atoms. The van der Waals surface area contributed by atoms with E-state index < -0.39 is 39.0 Å². The fourth-order valence-corrected chi connectivity index (χ4v) is 15.2. The third kappa shape index (κ3) is 6.10. The maximum absolute atomic E-state index is 6.70. The number of alkyl halides is 18. The first-order valence-electron chi connectivity index (χ1n) is 9.72. The van der Waals surface area contributed by atoms with Crippen molar-refractivity contribution < 1.29 is 0 Å². The van der Waals surface area contributed by atoms with Crippen LogP contribution in [-0.2, 0) is 5.41 Å². The number of halogens is 18. The molecule has 220 valence electrons. The van der Waals surface area contributed by atoms with Gasteiger partial charge in [-0.05, 0) is 11.1 Å². The minimum absolute atomic E-state index is 0.0795. The molecule has 2 rings (SSSR count). The van der Waals surface area contributed by atoms with Crippen molar-refractivity contribution >= 4 is 209 Å². The lowest BCUT2D eigenvalue weighted by atomic mass is 9.46. The van der Waals surface area contributed by atoms with Crippen molar-refractivity contribution in [3.8, 4) is 0 Å². The lowest BCUT2D eigenvalue weighted by molar-refractivity contribution is 0.0199. The van der Waals surface area contributed by atoms with Gasteiger partial charge in [-0.25, -0.2) is 0 Å². The fraction of sp³-hybridized carbons (Fsp3) is 0.429. The molecule has 0 nitrogen and oxygen atoms in total. The lowest BCUT2D eigenvalue weighted by Crippen LogP contribution is -2.79. The average Bonchev–Trinajstić information content (AvgIpc) is 2.68. The third-order valence-electron chi connectivity index (χ3n) is 6.09. The topological polar surface area (TPSA) is 0 Å². The SMILES string of the molecule is ClC(Cl)(Cl)C(C(Cl)(Cl)Cl)(C(Cl)(Cl)Cl)C(c1ccccc1)(c1ccccc1)C(C(Cl)(Cl)Cl)(C(Cl)(Cl)Cl)C(Cl)(Cl)Cl. The smallest absolute Gasteiger partial charge is 0.0826 e. The summed E-state index contributed by atoms with van der Waals surface area (Å²) >= 11 is 121. The van der Waals surface area contributed by atoms with Gasteiger partial charge in [-0.2, -0.15) is 0 Å². The number of benzene rings is 2. The molecule has 0 aromatic heterocycles. The van der Waals surface area contributed by atoms with Gasteiger partial charge in [0.25, 0.3) is 0 Å². The van der Waals surface area contributed by atoms with E-state index in [0.29, 0.717) is 0 Å². The molecule has 0 saturated heterocycles. The predicted molar refractivity (Wildman–Crippen MR) is 180 cm³/mol. The molecular weight excluding hydrogens is 890 g/mol. The largest absolute Gasteiger partial charge is 0.205 e. The first kappa shape index (κ1) is 38.8. The van der Waals surface area contributed by atoms with Gasteiger partial charge in [-0.1, -0.05) is 269 Å². The van der Waals surface area contributed by atoms with Crippen molar-refractivity contribution in [3.63, 3.8) is 0 Å². The minimum atomic E-state index is -3.08. The molecule has 0 spiro atoms. The molecule has 0 amide bonds. The van der Waals surface area contributed by atoms with Crippen LogP contribution in [-0.4, -0.2) is 22.8 Å². The van der Waals surface area contributed by atoms with Gasteiger partial charge >= 0.3 is 0 Å². The molecule has 0 radical (unpaired) electrons. The van der Waals surface area contributed by atoms with E-state index in [-0.39, 0.29) is 11.1 Å². The Morgan fingerprint density at radius 1 is 0.282 bits per heavy atom. The highest BCUT2D eigenvalue weighted by molar-refractivity contribution is 6.80. The van der Waals surface area contributed by atoms with E-state index in [4.69, 9.17) is 209 Å². The Hall–Kier alpha value is 3.66. The second-order valence-corrected chi connectivity index (χ2v) is 21.7. The summed E-state index contributed by atoms with van der Waals surface area (Å²) in [5.74, 6) is 0. The molecule has 39 heavy (non-hydrogen) atoms. The molecule has 0 aliphatic heterocycles. The lowest BCUT2D eigenvalue weighted by Gasteiger charge is -2.69. The van der Waals surface area contributed by atoms with Crippen molar-refractivity contribution in [2.45, 2.75) is 28.2 Å². The zero-order valence-corrected chi connectivity index (χ0v) is 31.7. The van der Waals surface area contributed by atoms with Crippen LogP contribution < -0.4 is 0 Å². The van der Waals surface area contributed by atoms with Gasteiger partial charge in [-0.15, -0.1) is 0 Å². The average molecular weight is 900 g/mol. The minimum Gasteiger partial charge on any atom is -0.0826 e. The zero-order chi connectivity index (χ0) is 30.7. The Morgan fingerprint density at radius 3 is 0.615 bits per heavy atom. The van der Waals surface area contributed by atoms with E-state index in [1.165, 1.54) is 48.5 Å². The molecule has 0 aliphatic carbocycles. The van der Waals surface area contributed by atoms with E-state index in [2.05, 4.69) is 0 Å². The van der Waals surface area contributed by atoms with E-state index in [1.807, 2.05) is 0 Å². The molecule has 0 N–H and O–H groups in total. The molecule has 0 saturated carbocycles. The summed E-state index contributed by atoms with van der Waals surface area (Å²) in [5, 5.41) is 0. The van der Waals surface area contributed by atoms with Gasteiger partial charge in [0, 0.05) is 0 Å². The second-order valence-electron chi connectivity index (χ2n) is 7.97. The van der Waals surface area contributed by atoms with E-state index in [0.717, 1.165) is 0 Å². The first-order valence-corrected chi connectivity index (χ1v) is 16.5. The predicted octanol–water partition coefficient (Wildman–Crippen LogP) is 14.2. The van der Waals surface area contributed by atoms with Gasteiger partial charge in [0.05, 0.1) is 5.41 Å². The number of rotatable bonds is 4. The van der Waals surface area contributed by atoms with Gasteiger partial charge in [0.2, 0.25) is 22.8 Å². The van der Waals surface area contributed by atoms with E-state index in [9.17, 15) is 0 Å². The molecule has 0 fully saturated rings. The van der Waals surface area contributed by atoms with E-state index in [1.54, 1.807) is 12.1 Å². The van der Waals surface area contributed by atoms with Crippen LogP contribution in [0.3, 0.4) is 0 Å². The zero-order valence-electron chi connectivity index (χ0n) is 18.1. The molecule has 0 atom stereocenters. The van der Waals surface area contributed by atoms with Gasteiger partial charge in [-0.3, -0.25) is 0 Å². The summed E-state index contributed by atoms with van der Waals surface area (Å²) in [6.07, 6.45) is 0. The summed E-state index contributed by atoms with van der Waals surface area (Å²) in [6.45, 7) is 0. The van der Waals surface area contributed by atoms with Gasteiger partial charge < -0.3 is 0 Å². The van der Waals surface area contributed by atoms with Crippen LogP contribution in [0.2, 0.25) is 0 Å². The van der Waals surface area contributed by atoms with Crippen LogP contribution in [0, 0.1) is 10.8 Å². The quantitative estimate of drug-likeness (QED) is 0.268. The third-order valence-corrected chi connectivity index (χ3v) is 11.2.